The zero-order chi connectivity index (χ0) is 13.0. The summed E-state index contributed by atoms with van der Waals surface area (Å²) in [5.41, 5.74) is 0. The van der Waals surface area contributed by atoms with Crippen LogP contribution >= 0.6 is 0 Å². The van der Waals surface area contributed by atoms with Gasteiger partial charge in [-0.1, -0.05) is 6.92 Å². The number of ketones is 1. The average Bonchev–Trinajstić information content (AvgIpc) is 2.95. The summed E-state index contributed by atoms with van der Waals surface area (Å²) in [5, 5.41) is 2.92. The summed E-state index contributed by atoms with van der Waals surface area (Å²) >= 11 is 0. The van der Waals surface area contributed by atoms with E-state index in [-0.39, 0.29) is 11.8 Å². The number of hydrogen-bond donors (Lipinski definition) is 1. The molecule has 0 spiro atoms. The molecule has 2 rings (SSSR count). The maximum Gasteiger partial charge on any atom is 0.234 e. The second-order valence-corrected chi connectivity index (χ2v) is 5.50. The number of carbonyl (C=O) groups excluding carboxylic acids is 2. The molecule has 1 amide bonds. The summed E-state index contributed by atoms with van der Waals surface area (Å²) < 4.78 is 0. The van der Waals surface area contributed by atoms with E-state index in [1.54, 1.807) is 0 Å². The second-order valence-electron chi connectivity index (χ2n) is 5.50. The van der Waals surface area contributed by atoms with Gasteiger partial charge in [-0.2, -0.15) is 0 Å². The molecule has 2 unspecified atom stereocenters. The highest BCUT2D eigenvalue weighted by Gasteiger charge is 2.38. The molecular formula is C14H24N2O2. The number of Topliss-reactive ketones (excluding diaryl/α,β-unsaturated/α-hetero) is 1. The van der Waals surface area contributed by atoms with Crippen molar-refractivity contribution in [2.75, 3.05) is 19.6 Å². The fourth-order valence-corrected chi connectivity index (χ4v) is 3.26. The summed E-state index contributed by atoms with van der Waals surface area (Å²) in [6.07, 6.45) is 5.98. The minimum Gasteiger partial charge on any atom is -0.355 e. The van der Waals surface area contributed by atoms with Gasteiger partial charge in [-0.25, -0.2) is 0 Å². The predicted octanol–water partition coefficient (Wildman–Crippen LogP) is 1.35. The van der Waals surface area contributed by atoms with Crippen LogP contribution in [0.5, 0.6) is 0 Å². The van der Waals surface area contributed by atoms with Crippen molar-refractivity contribution in [2.45, 2.75) is 51.5 Å². The van der Waals surface area contributed by atoms with Crippen molar-refractivity contribution in [1.82, 2.24) is 10.2 Å². The van der Waals surface area contributed by atoms with Gasteiger partial charge < -0.3 is 5.32 Å². The topological polar surface area (TPSA) is 49.4 Å². The van der Waals surface area contributed by atoms with Crippen LogP contribution in [0.25, 0.3) is 0 Å². The van der Waals surface area contributed by atoms with E-state index >= 15 is 0 Å². The summed E-state index contributed by atoms with van der Waals surface area (Å²) in [5.74, 6) is 0.724. The van der Waals surface area contributed by atoms with Gasteiger partial charge >= 0.3 is 0 Å². The lowest BCUT2D eigenvalue weighted by Crippen LogP contribution is -2.43. The monoisotopic (exact) mass is 252 g/mol. The molecular weight excluding hydrogens is 228 g/mol. The van der Waals surface area contributed by atoms with Gasteiger partial charge in [-0.05, 0) is 38.6 Å². The largest absolute Gasteiger partial charge is 0.355 e. The first kappa shape index (κ1) is 13.5. The van der Waals surface area contributed by atoms with Gasteiger partial charge in [-0.3, -0.25) is 14.5 Å². The zero-order valence-corrected chi connectivity index (χ0v) is 11.3. The summed E-state index contributed by atoms with van der Waals surface area (Å²) in [7, 11) is 0. The molecule has 102 valence electrons. The van der Waals surface area contributed by atoms with Crippen LogP contribution in [0.1, 0.15) is 45.4 Å². The standard InChI is InChI=1S/C14H24N2O2/c1-2-8-15-14(18)10-16-9-4-6-12(16)11-5-3-7-13(11)17/h11-12H,2-10H2,1H3,(H,15,18). The summed E-state index contributed by atoms with van der Waals surface area (Å²) in [4.78, 5) is 25.8. The summed E-state index contributed by atoms with van der Waals surface area (Å²) in [6.45, 7) is 4.23. The van der Waals surface area contributed by atoms with E-state index in [1.165, 1.54) is 0 Å². The Bertz CT molecular complexity index is 317. The molecule has 1 saturated heterocycles. The number of rotatable bonds is 5. The molecule has 2 fully saturated rings. The van der Waals surface area contributed by atoms with E-state index in [0.29, 0.717) is 18.4 Å². The summed E-state index contributed by atoms with van der Waals surface area (Å²) in [6, 6.07) is 0.326. The molecule has 4 heteroatoms. The Kier molecular flexibility index (Phi) is 4.75. The molecule has 0 bridgehead atoms. The molecule has 4 nitrogen and oxygen atoms in total. The fraction of sp³-hybridized carbons (Fsp3) is 0.857. The number of likely N-dealkylation sites (tertiary alicyclic amines) is 1. The Hall–Kier alpha value is -0.900. The first-order chi connectivity index (χ1) is 8.72. The molecule has 0 aromatic carbocycles. The highest BCUT2D eigenvalue weighted by Crippen LogP contribution is 2.32. The molecule has 2 atom stereocenters. The molecule has 18 heavy (non-hydrogen) atoms. The van der Waals surface area contributed by atoms with E-state index in [1.807, 2.05) is 0 Å². The lowest BCUT2D eigenvalue weighted by atomic mass is 9.95. The third-order valence-corrected chi connectivity index (χ3v) is 4.15. The fourth-order valence-electron chi connectivity index (χ4n) is 3.26. The second kappa shape index (κ2) is 6.32. The number of carbonyl (C=O) groups is 2. The molecule has 0 radical (unpaired) electrons. The van der Waals surface area contributed by atoms with Gasteiger partial charge in [0.05, 0.1) is 6.54 Å². The van der Waals surface area contributed by atoms with Crippen LogP contribution in [-0.2, 0) is 9.59 Å². The smallest absolute Gasteiger partial charge is 0.234 e. The quantitative estimate of drug-likeness (QED) is 0.803. The zero-order valence-electron chi connectivity index (χ0n) is 11.3. The number of nitrogens with zero attached hydrogens (tertiary/aromatic N) is 1. The third-order valence-electron chi connectivity index (χ3n) is 4.15. The van der Waals surface area contributed by atoms with Crippen molar-refractivity contribution in [1.29, 1.82) is 0 Å². The van der Waals surface area contributed by atoms with E-state index in [0.717, 1.165) is 51.6 Å². The van der Waals surface area contributed by atoms with Gasteiger partial charge in [0.15, 0.2) is 0 Å². The normalized spacial score (nSPS) is 28.8. The molecule has 0 aromatic heterocycles. The molecule has 1 saturated carbocycles. The Morgan fingerprint density at radius 2 is 2.22 bits per heavy atom. The van der Waals surface area contributed by atoms with Crippen LogP contribution in [0.3, 0.4) is 0 Å². The third kappa shape index (κ3) is 3.10. The minimum atomic E-state index is 0.106. The Labute approximate surface area is 109 Å². The van der Waals surface area contributed by atoms with E-state index < -0.39 is 0 Å². The van der Waals surface area contributed by atoms with Crippen LogP contribution in [-0.4, -0.2) is 42.3 Å². The lowest BCUT2D eigenvalue weighted by Gasteiger charge is -2.27. The van der Waals surface area contributed by atoms with E-state index in [9.17, 15) is 9.59 Å². The molecule has 1 N–H and O–H groups in total. The Morgan fingerprint density at radius 3 is 2.89 bits per heavy atom. The first-order valence-electron chi connectivity index (χ1n) is 7.26. The highest BCUT2D eigenvalue weighted by molar-refractivity contribution is 5.84. The minimum absolute atomic E-state index is 0.106. The van der Waals surface area contributed by atoms with Crippen molar-refractivity contribution >= 4 is 11.7 Å². The number of amides is 1. The van der Waals surface area contributed by atoms with Crippen LogP contribution in [0.15, 0.2) is 0 Å². The Balaban J connectivity index is 1.87. The number of hydrogen-bond acceptors (Lipinski definition) is 3. The molecule has 0 aromatic rings. The van der Waals surface area contributed by atoms with Gasteiger partial charge in [0, 0.05) is 24.9 Å². The SMILES string of the molecule is CCCNC(=O)CN1CCCC1C1CCCC1=O. The molecule has 1 aliphatic heterocycles. The van der Waals surface area contributed by atoms with Crippen molar-refractivity contribution in [2.24, 2.45) is 5.92 Å². The van der Waals surface area contributed by atoms with Crippen molar-refractivity contribution in [3.8, 4) is 0 Å². The van der Waals surface area contributed by atoms with Crippen LogP contribution in [0, 0.1) is 5.92 Å². The van der Waals surface area contributed by atoms with Gasteiger partial charge in [-0.15, -0.1) is 0 Å². The van der Waals surface area contributed by atoms with Crippen molar-refractivity contribution < 1.29 is 9.59 Å². The lowest BCUT2D eigenvalue weighted by molar-refractivity contribution is -0.125. The maximum atomic E-state index is 11.8. The molecule has 2 aliphatic rings. The highest BCUT2D eigenvalue weighted by atomic mass is 16.2. The van der Waals surface area contributed by atoms with E-state index in [4.69, 9.17) is 0 Å². The van der Waals surface area contributed by atoms with Crippen LogP contribution in [0.2, 0.25) is 0 Å². The van der Waals surface area contributed by atoms with Crippen molar-refractivity contribution in [3.63, 3.8) is 0 Å². The Morgan fingerprint density at radius 1 is 1.39 bits per heavy atom. The van der Waals surface area contributed by atoms with Crippen LogP contribution in [0.4, 0.5) is 0 Å². The van der Waals surface area contributed by atoms with Gasteiger partial charge in [0.2, 0.25) is 5.91 Å². The average molecular weight is 252 g/mol. The number of nitrogens with one attached hydrogen (secondary N) is 1. The molecule has 1 heterocycles. The molecule has 1 aliphatic carbocycles. The van der Waals surface area contributed by atoms with Crippen LogP contribution < -0.4 is 5.32 Å². The van der Waals surface area contributed by atoms with Gasteiger partial charge in [0.25, 0.3) is 0 Å². The van der Waals surface area contributed by atoms with Gasteiger partial charge in [0.1, 0.15) is 5.78 Å². The predicted molar refractivity (Wildman–Crippen MR) is 70.2 cm³/mol. The van der Waals surface area contributed by atoms with Crippen molar-refractivity contribution in [3.05, 3.63) is 0 Å². The first-order valence-corrected chi connectivity index (χ1v) is 7.26. The van der Waals surface area contributed by atoms with E-state index in [2.05, 4.69) is 17.1 Å². The maximum absolute atomic E-state index is 11.8.